The van der Waals surface area contributed by atoms with Gasteiger partial charge in [-0.1, -0.05) is 6.07 Å². The van der Waals surface area contributed by atoms with Gasteiger partial charge in [-0.05, 0) is 30.3 Å². The van der Waals surface area contributed by atoms with Crippen molar-refractivity contribution in [1.82, 2.24) is 4.98 Å². The summed E-state index contributed by atoms with van der Waals surface area (Å²) in [5, 5.41) is 5.21. The third kappa shape index (κ3) is 3.32. The zero-order valence-corrected chi connectivity index (χ0v) is 10.8. The standard InChI is InChI=1S/C14H13N3O3/c1-9(18)16-10-4-2-5-11(8-10)17-14(20)12-6-3-7-15-13(12)19/h2-8H,1H3,(H,15,19)(H,16,18)(H,17,20). The zero-order chi connectivity index (χ0) is 14.5. The second kappa shape index (κ2) is 5.83. The number of H-pyrrole nitrogens is 1. The van der Waals surface area contributed by atoms with Gasteiger partial charge in [0.25, 0.3) is 11.5 Å². The van der Waals surface area contributed by atoms with Crippen molar-refractivity contribution in [1.29, 1.82) is 0 Å². The number of pyridine rings is 1. The van der Waals surface area contributed by atoms with E-state index in [-0.39, 0.29) is 11.5 Å². The van der Waals surface area contributed by atoms with Gasteiger partial charge in [-0.3, -0.25) is 14.4 Å². The second-order valence-corrected chi connectivity index (χ2v) is 4.13. The Balaban J connectivity index is 2.18. The van der Waals surface area contributed by atoms with Gasteiger partial charge in [0, 0.05) is 24.5 Å². The molecule has 0 aliphatic rings. The second-order valence-electron chi connectivity index (χ2n) is 4.13. The van der Waals surface area contributed by atoms with Crippen molar-refractivity contribution >= 4 is 23.2 Å². The molecule has 0 bridgehead atoms. The summed E-state index contributed by atoms with van der Waals surface area (Å²) in [6, 6.07) is 9.68. The highest BCUT2D eigenvalue weighted by molar-refractivity contribution is 6.04. The van der Waals surface area contributed by atoms with E-state index in [2.05, 4.69) is 15.6 Å². The first kappa shape index (κ1) is 13.5. The van der Waals surface area contributed by atoms with Crippen LogP contribution in [0.5, 0.6) is 0 Å². The van der Waals surface area contributed by atoms with E-state index >= 15 is 0 Å². The fourth-order valence-corrected chi connectivity index (χ4v) is 1.68. The molecule has 0 saturated carbocycles. The van der Waals surface area contributed by atoms with E-state index in [4.69, 9.17) is 0 Å². The number of aromatic nitrogens is 1. The van der Waals surface area contributed by atoms with Gasteiger partial charge in [0.05, 0.1) is 0 Å². The number of anilines is 2. The van der Waals surface area contributed by atoms with Crippen LogP contribution in [0.4, 0.5) is 11.4 Å². The van der Waals surface area contributed by atoms with Crippen LogP contribution in [0.3, 0.4) is 0 Å². The Kier molecular flexibility index (Phi) is 3.95. The van der Waals surface area contributed by atoms with Gasteiger partial charge < -0.3 is 15.6 Å². The molecule has 0 spiro atoms. The van der Waals surface area contributed by atoms with Crippen molar-refractivity contribution in [2.24, 2.45) is 0 Å². The molecule has 2 amide bonds. The van der Waals surface area contributed by atoms with Gasteiger partial charge in [0.1, 0.15) is 5.56 Å². The van der Waals surface area contributed by atoms with Crippen molar-refractivity contribution in [3.05, 3.63) is 58.5 Å². The Bertz CT molecular complexity index is 707. The molecule has 6 heteroatoms. The fraction of sp³-hybridized carbons (Fsp3) is 0.0714. The molecule has 1 aromatic carbocycles. The molecule has 3 N–H and O–H groups in total. The van der Waals surface area contributed by atoms with E-state index < -0.39 is 11.5 Å². The van der Waals surface area contributed by atoms with Gasteiger partial charge in [-0.15, -0.1) is 0 Å². The van der Waals surface area contributed by atoms with E-state index in [0.717, 1.165) is 0 Å². The maximum Gasteiger partial charge on any atom is 0.261 e. The van der Waals surface area contributed by atoms with E-state index in [1.807, 2.05) is 0 Å². The Morgan fingerprint density at radius 2 is 1.75 bits per heavy atom. The Morgan fingerprint density at radius 1 is 1.05 bits per heavy atom. The van der Waals surface area contributed by atoms with Crippen molar-refractivity contribution < 1.29 is 9.59 Å². The highest BCUT2D eigenvalue weighted by atomic mass is 16.2. The van der Waals surface area contributed by atoms with Crippen LogP contribution in [-0.2, 0) is 4.79 Å². The number of carbonyl (C=O) groups excluding carboxylic acids is 2. The lowest BCUT2D eigenvalue weighted by Crippen LogP contribution is -2.22. The van der Waals surface area contributed by atoms with E-state index in [1.165, 1.54) is 19.2 Å². The molecule has 0 radical (unpaired) electrons. The monoisotopic (exact) mass is 271 g/mol. The number of carbonyl (C=O) groups is 2. The van der Waals surface area contributed by atoms with E-state index in [9.17, 15) is 14.4 Å². The number of benzene rings is 1. The molecule has 6 nitrogen and oxygen atoms in total. The van der Waals surface area contributed by atoms with E-state index in [0.29, 0.717) is 11.4 Å². The molecule has 0 aliphatic carbocycles. The maximum absolute atomic E-state index is 11.9. The SMILES string of the molecule is CC(=O)Nc1cccc(NC(=O)c2ccc[nH]c2=O)c1. The minimum Gasteiger partial charge on any atom is -0.328 e. The Labute approximate surface area is 114 Å². The first-order valence-corrected chi connectivity index (χ1v) is 5.93. The number of aromatic amines is 1. The van der Waals surface area contributed by atoms with Crippen molar-refractivity contribution in [2.45, 2.75) is 6.92 Å². The molecule has 1 heterocycles. The van der Waals surface area contributed by atoms with Gasteiger partial charge in [0.2, 0.25) is 5.91 Å². The van der Waals surface area contributed by atoms with E-state index in [1.54, 1.807) is 30.3 Å². The lowest BCUT2D eigenvalue weighted by atomic mass is 10.2. The Morgan fingerprint density at radius 3 is 2.40 bits per heavy atom. The molecule has 2 rings (SSSR count). The van der Waals surface area contributed by atoms with Crippen LogP contribution in [0.15, 0.2) is 47.4 Å². The summed E-state index contributed by atoms with van der Waals surface area (Å²) < 4.78 is 0. The summed E-state index contributed by atoms with van der Waals surface area (Å²) in [4.78, 5) is 36.8. The largest absolute Gasteiger partial charge is 0.328 e. The summed E-state index contributed by atoms with van der Waals surface area (Å²) in [7, 11) is 0. The number of hydrogen-bond acceptors (Lipinski definition) is 3. The summed E-state index contributed by atoms with van der Waals surface area (Å²) in [6.07, 6.45) is 1.45. The molecule has 0 atom stereocenters. The minimum absolute atomic E-state index is 0.0254. The van der Waals surface area contributed by atoms with Gasteiger partial charge in [-0.25, -0.2) is 0 Å². The average Bonchev–Trinajstić information content (AvgIpc) is 2.38. The minimum atomic E-state index is -0.508. The molecule has 0 unspecified atom stereocenters. The van der Waals surface area contributed by atoms with Crippen LogP contribution in [0, 0.1) is 0 Å². The number of hydrogen-bond donors (Lipinski definition) is 3. The smallest absolute Gasteiger partial charge is 0.261 e. The quantitative estimate of drug-likeness (QED) is 0.791. The van der Waals surface area contributed by atoms with Gasteiger partial charge >= 0.3 is 0 Å². The molecule has 102 valence electrons. The predicted octanol–water partition coefficient (Wildman–Crippen LogP) is 1.59. The van der Waals surface area contributed by atoms with Gasteiger partial charge in [0.15, 0.2) is 0 Å². The summed E-state index contributed by atoms with van der Waals surface area (Å²) in [5.41, 5.74) is 0.627. The third-order valence-electron chi connectivity index (χ3n) is 2.50. The highest BCUT2D eigenvalue weighted by Crippen LogP contribution is 2.15. The zero-order valence-electron chi connectivity index (χ0n) is 10.8. The normalized spacial score (nSPS) is 9.85. The first-order chi connectivity index (χ1) is 9.56. The maximum atomic E-state index is 11.9. The molecule has 0 saturated heterocycles. The van der Waals surface area contributed by atoms with Crippen LogP contribution in [0.2, 0.25) is 0 Å². The van der Waals surface area contributed by atoms with Crippen molar-refractivity contribution in [2.75, 3.05) is 10.6 Å². The number of amides is 2. The van der Waals surface area contributed by atoms with Crippen LogP contribution >= 0.6 is 0 Å². The summed E-state index contributed by atoms with van der Waals surface area (Å²) >= 11 is 0. The number of rotatable bonds is 3. The first-order valence-electron chi connectivity index (χ1n) is 5.93. The van der Waals surface area contributed by atoms with Crippen molar-refractivity contribution in [3.8, 4) is 0 Å². The number of nitrogens with one attached hydrogen (secondary N) is 3. The van der Waals surface area contributed by atoms with Gasteiger partial charge in [-0.2, -0.15) is 0 Å². The molecular weight excluding hydrogens is 258 g/mol. The Hall–Kier alpha value is -2.89. The van der Waals surface area contributed by atoms with Crippen LogP contribution < -0.4 is 16.2 Å². The molecule has 0 aliphatic heterocycles. The van der Waals surface area contributed by atoms with Crippen LogP contribution in [-0.4, -0.2) is 16.8 Å². The summed E-state index contributed by atoms with van der Waals surface area (Å²) in [5.74, 6) is -0.709. The topological polar surface area (TPSA) is 91.1 Å². The molecule has 1 aromatic heterocycles. The lowest BCUT2D eigenvalue weighted by molar-refractivity contribution is -0.114. The third-order valence-corrected chi connectivity index (χ3v) is 2.50. The van der Waals surface area contributed by atoms with Crippen molar-refractivity contribution in [3.63, 3.8) is 0 Å². The molecule has 2 aromatic rings. The van der Waals surface area contributed by atoms with Crippen LogP contribution in [0.25, 0.3) is 0 Å². The molecule has 20 heavy (non-hydrogen) atoms. The summed E-state index contributed by atoms with van der Waals surface area (Å²) in [6.45, 7) is 1.40. The fourth-order valence-electron chi connectivity index (χ4n) is 1.68. The average molecular weight is 271 g/mol. The predicted molar refractivity (Wildman–Crippen MR) is 75.8 cm³/mol. The molecule has 0 fully saturated rings. The highest BCUT2D eigenvalue weighted by Gasteiger charge is 2.10. The lowest BCUT2D eigenvalue weighted by Gasteiger charge is -2.07. The van der Waals surface area contributed by atoms with Crippen LogP contribution in [0.1, 0.15) is 17.3 Å². The molecular formula is C14H13N3O3.